The Kier molecular flexibility index (Phi) is 6.88. The highest BCUT2D eigenvalue weighted by Gasteiger charge is 2.33. The third-order valence-corrected chi connectivity index (χ3v) is 5.86. The second-order valence-corrected chi connectivity index (χ2v) is 8.18. The maximum Gasteiger partial charge on any atom is 0.270 e. The molecule has 2 aromatic carbocycles. The first-order valence-electron chi connectivity index (χ1n) is 8.57. The van der Waals surface area contributed by atoms with Gasteiger partial charge in [-0.25, -0.2) is 0 Å². The van der Waals surface area contributed by atoms with Gasteiger partial charge in [0.2, 0.25) is 0 Å². The van der Waals surface area contributed by atoms with Gasteiger partial charge in [-0.05, 0) is 55.8 Å². The molecule has 146 valence electrons. The maximum atomic E-state index is 12.9. The van der Waals surface area contributed by atoms with Crippen LogP contribution in [0.2, 0.25) is 10.0 Å². The Morgan fingerprint density at radius 3 is 2.43 bits per heavy atom. The summed E-state index contributed by atoms with van der Waals surface area (Å²) in [6.45, 7) is 4.88. The van der Waals surface area contributed by atoms with E-state index in [1.807, 2.05) is 32.0 Å². The summed E-state index contributed by atoms with van der Waals surface area (Å²) in [5.41, 5.74) is 1.41. The minimum absolute atomic E-state index is 0.208. The van der Waals surface area contributed by atoms with E-state index < -0.39 is 0 Å². The molecule has 0 unspecified atom stereocenters. The molecular formula is C20H17Cl2NO3S2. The molecular weight excluding hydrogens is 437 g/mol. The molecule has 1 aliphatic rings. The standard InChI is InChI=1S/C20H17Cl2NO3S2/c1-3-25-16-8-5-12(9-17(16)26-4-2)10-18-19(24)23(20(27)28-18)13-6-7-14(21)15(22)11-13/h5-11H,3-4H2,1-2H3/b18-10-. The summed E-state index contributed by atoms with van der Waals surface area (Å²) < 4.78 is 11.7. The molecule has 1 aliphatic heterocycles. The van der Waals surface area contributed by atoms with Crippen molar-refractivity contribution in [3.05, 3.63) is 56.9 Å². The number of ether oxygens (including phenoxy) is 2. The Bertz CT molecular complexity index is 962. The summed E-state index contributed by atoms with van der Waals surface area (Å²) in [5, 5.41) is 0.786. The third-order valence-electron chi connectivity index (χ3n) is 3.82. The first-order valence-corrected chi connectivity index (χ1v) is 10.5. The zero-order valence-electron chi connectivity index (χ0n) is 15.2. The molecule has 1 saturated heterocycles. The van der Waals surface area contributed by atoms with Gasteiger partial charge in [0.15, 0.2) is 15.8 Å². The number of hydrogen-bond acceptors (Lipinski definition) is 5. The highest BCUT2D eigenvalue weighted by molar-refractivity contribution is 8.27. The van der Waals surface area contributed by atoms with Crippen LogP contribution in [0.15, 0.2) is 41.3 Å². The first-order chi connectivity index (χ1) is 13.4. The number of hydrogen-bond donors (Lipinski definition) is 0. The summed E-state index contributed by atoms with van der Waals surface area (Å²) in [7, 11) is 0. The molecule has 0 radical (unpaired) electrons. The molecule has 0 aliphatic carbocycles. The van der Waals surface area contributed by atoms with Gasteiger partial charge in [-0.3, -0.25) is 9.69 Å². The summed E-state index contributed by atoms with van der Waals surface area (Å²) in [6.07, 6.45) is 1.79. The van der Waals surface area contributed by atoms with E-state index >= 15 is 0 Å². The van der Waals surface area contributed by atoms with Gasteiger partial charge in [-0.2, -0.15) is 0 Å². The first kappa shape index (κ1) is 21.0. The molecule has 0 atom stereocenters. The fourth-order valence-electron chi connectivity index (χ4n) is 2.62. The molecule has 2 aromatic rings. The van der Waals surface area contributed by atoms with E-state index in [-0.39, 0.29) is 5.91 Å². The van der Waals surface area contributed by atoms with Gasteiger partial charge in [-0.15, -0.1) is 0 Å². The predicted octanol–water partition coefficient (Wildman–Crippen LogP) is 6.20. The highest BCUT2D eigenvalue weighted by Crippen LogP contribution is 2.38. The van der Waals surface area contributed by atoms with Gasteiger partial charge in [0, 0.05) is 0 Å². The van der Waals surface area contributed by atoms with Crippen LogP contribution in [0.25, 0.3) is 6.08 Å². The van der Waals surface area contributed by atoms with E-state index in [2.05, 4.69) is 0 Å². The van der Waals surface area contributed by atoms with Crippen molar-refractivity contribution in [2.45, 2.75) is 13.8 Å². The number of carbonyl (C=O) groups excluding carboxylic acids is 1. The lowest BCUT2D eigenvalue weighted by atomic mass is 10.1. The monoisotopic (exact) mass is 453 g/mol. The smallest absolute Gasteiger partial charge is 0.270 e. The van der Waals surface area contributed by atoms with Crippen molar-refractivity contribution in [3.8, 4) is 11.5 Å². The van der Waals surface area contributed by atoms with Crippen LogP contribution in [0.4, 0.5) is 5.69 Å². The topological polar surface area (TPSA) is 38.8 Å². The normalized spacial score (nSPS) is 15.4. The summed E-state index contributed by atoms with van der Waals surface area (Å²) >= 11 is 18.7. The number of amides is 1. The number of nitrogens with zero attached hydrogens (tertiary/aromatic N) is 1. The Balaban J connectivity index is 1.91. The molecule has 28 heavy (non-hydrogen) atoms. The van der Waals surface area contributed by atoms with E-state index in [0.29, 0.717) is 49.7 Å². The Morgan fingerprint density at radius 1 is 1.04 bits per heavy atom. The van der Waals surface area contributed by atoms with Crippen molar-refractivity contribution in [2.24, 2.45) is 0 Å². The Labute approximate surface area is 183 Å². The maximum absolute atomic E-state index is 12.9. The number of thioether (sulfide) groups is 1. The average Bonchev–Trinajstić information content (AvgIpc) is 2.93. The van der Waals surface area contributed by atoms with Gasteiger partial charge in [0.25, 0.3) is 5.91 Å². The molecule has 1 fully saturated rings. The summed E-state index contributed by atoms with van der Waals surface area (Å²) in [5.74, 6) is 1.10. The van der Waals surface area contributed by atoms with Gasteiger partial charge < -0.3 is 9.47 Å². The van der Waals surface area contributed by atoms with E-state index in [0.717, 1.165) is 5.56 Å². The van der Waals surface area contributed by atoms with E-state index in [1.165, 1.54) is 16.7 Å². The van der Waals surface area contributed by atoms with Gasteiger partial charge in [0.1, 0.15) is 0 Å². The van der Waals surface area contributed by atoms with Crippen LogP contribution >= 0.6 is 47.2 Å². The molecule has 0 aromatic heterocycles. The average molecular weight is 454 g/mol. The number of halogens is 2. The fraction of sp³-hybridized carbons (Fsp3) is 0.200. The lowest BCUT2D eigenvalue weighted by Crippen LogP contribution is -2.27. The number of anilines is 1. The minimum Gasteiger partial charge on any atom is -0.490 e. The van der Waals surface area contributed by atoms with Crippen LogP contribution in [0.1, 0.15) is 19.4 Å². The molecule has 0 saturated carbocycles. The van der Waals surface area contributed by atoms with Gasteiger partial charge >= 0.3 is 0 Å². The second kappa shape index (κ2) is 9.18. The minimum atomic E-state index is -0.208. The molecule has 1 heterocycles. The third kappa shape index (κ3) is 4.46. The quantitative estimate of drug-likeness (QED) is 0.384. The second-order valence-electron chi connectivity index (χ2n) is 5.69. The molecule has 0 N–H and O–H groups in total. The lowest BCUT2D eigenvalue weighted by molar-refractivity contribution is -0.113. The number of thiocarbonyl (C=S) groups is 1. The summed E-state index contributed by atoms with van der Waals surface area (Å²) in [4.78, 5) is 14.9. The van der Waals surface area contributed by atoms with Crippen LogP contribution in [-0.4, -0.2) is 23.4 Å². The van der Waals surface area contributed by atoms with Crippen LogP contribution in [-0.2, 0) is 4.79 Å². The SMILES string of the molecule is CCOc1ccc(/C=C2\SC(=S)N(c3ccc(Cl)c(Cl)c3)C2=O)cc1OCC. The highest BCUT2D eigenvalue weighted by atomic mass is 35.5. The number of carbonyl (C=O) groups is 1. The Hall–Kier alpha value is -1.73. The Morgan fingerprint density at radius 2 is 1.75 bits per heavy atom. The molecule has 0 spiro atoms. The zero-order valence-corrected chi connectivity index (χ0v) is 18.3. The zero-order chi connectivity index (χ0) is 20.3. The van der Waals surface area contributed by atoms with Crippen molar-refractivity contribution >= 4 is 69.2 Å². The molecule has 8 heteroatoms. The van der Waals surface area contributed by atoms with Crippen LogP contribution in [0, 0.1) is 0 Å². The van der Waals surface area contributed by atoms with Crippen molar-refractivity contribution < 1.29 is 14.3 Å². The van der Waals surface area contributed by atoms with Crippen molar-refractivity contribution in [1.82, 2.24) is 0 Å². The van der Waals surface area contributed by atoms with E-state index in [1.54, 1.807) is 24.3 Å². The number of rotatable bonds is 6. The molecule has 3 rings (SSSR count). The van der Waals surface area contributed by atoms with E-state index in [4.69, 9.17) is 44.9 Å². The molecule has 1 amide bonds. The van der Waals surface area contributed by atoms with Crippen LogP contribution in [0.5, 0.6) is 11.5 Å². The van der Waals surface area contributed by atoms with Crippen molar-refractivity contribution in [3.63, 3.8) is 0 Å². The lowest BCUT2D eigenvalue weighted by Gasteiger charge is -2.15. The fourth-order valence-corrected chi connectivity index (χ4v) is 4.21. The van der Waals surface area contributed by atoms with Crippen molar-refractivity contribution in [2.75, 3.05) is 18.1 Å². The number of benzene rings is 2. The summed E-state index contributed by atoms with van der Waals surface area (Å²) in [6, 6.07) is 10.5. The largest absolute Gasteiger partial charge is 0.490 e. The molecule has 0 bridgehead atoms. The van der Waals surface area contributed by atoms with Gasteiger partial charge in [-0.1, -0.05) is 53.2 Å². The van der Waals surface area contributed by atoms with Gasteiger partial charge in [0.05, 0.1) is 33.9 Å². The van der Waals surface area contributed by atoms with E-state index in [9.17, 15) is 4.79 Å². The van der Waals surface area contributed by atoms with Crippen LogP contribution < -0.4 is 14.4 Å². The van der Waals surface area contributed by atoms with Crippen molar-refractivity contribution in [1.29, 1.82) is 0 Å². The molecule has 4 nitrogen and oxygen atoms in total. The predicted molar refractivity (Wildman–Crippen MR) is 121 cm³/mol. The van der Waals surface area contributed by atoms with Crippen LogP contribution in [0.3, 0.4) is 0 Å².